The fraction of sp³-hybridized carbons (Fsp3) is 0.412. The lowest BCUT2D eigenvalue weighted by Gasteiger charge is -2.16. The highest BCUT2D eigenvalue weighted by molar-refractivity contribution is 5.93. The molecule has 4 heteroatoms. The van der Waals surface area contributed by atoms with E-state index in [1.54, 1.807) is 9.58 Å². The van der Waals surface area contributed by atoms with Gasteiger partial charge in [-0.05, 0) is 45.4 Å². The smallest absolute Gasteiger partial charge is 0.274 e. The van der Waals surface area contributed by atoms with Gasteiger partial charge in [0.05, 0.1) is 5.69 Å². The third-order valence-electron chi connectivity index (χ3n) is 3.82. The van der Waals surface area contributed by atoms with Gasteiger partial charge in [0.15, 0.2) is 5.69 Å². The average molecular weight is 285 g/mol. The third-order valence-corrected chi connectivity index (χ3v) is 3.82. The van der Waals surface area contributed by atoms with Crippen molar-refractivity contribution < 1.29 is 4.79 Å². The molecule has 0 unspecified atom stereocenters. The number of aryl methyl sites for hydroxylation is 3. The molecule has 4 nitrogen and oxygen atoms in total. The highest BCUT2D eigenvalue weighted by atomic mass is 16.2. The Bertz CT molecular complexity index is 654. The normalized spacial score (nSPS) is 10.7. The van der Waals surface area contributed by atoms with E-state index >= 15 is 0 Å². The Morgan fingerprint density at radius 1 is 1.19 bits per heavy atom. The molecule has 0 aliphatic heterocycles. The number of amides is 1. The van der Waals surface area contributed by atoms with Crippen molar-refractivity contribution in [1.29, 1.82) is 0 Å². The summed E-state index contributed by atoms with van der Waals surface area (Å²) in [6.45, 7) is 9.51. The predicted octanol–water partition coefficient (Wildman–Crippen LogP) is 3.19. The molecule has 2 aromatic rings. The van der Waals surface area contributed by atoms with Crippen LogP contribution in [0.15, 0.2) is 24.3 Å². The molecule has 0 fully saturated rings. The maximum absolute atomic E-state index is 12.4. The first-order valence-corrected chi connectivity index (χ1v) is 7.38. The molecule has 0 saturated carbocycles. The summed E-state index contributed by atoms with van der Waals surface area (Å²) in [7, 11) is 1.89. The Morgan fingerprint density at radius 2 is 1.86 bits per heavy atom. The van der Waals surface area contributed by atoms with E-state index in [0.717, 1.165) is 11.3 Å². The van der Waals surface area contributed by atoms with Crippen molar-refractivity contribution >= 4 is 5.91 Å². The zero-order chi connectivity index (χ0) is 15.6. The molecule has 1 amide bonds. The summed E-state index contributed by atoms with van der Waals surface area (Å²) in [6, 6.07) is 8.22. The van der Waals surface area contributed by atoms with E-state index in [2.05, 4.69) is 37.1 Å². The van der Waals surface area contributed by atoms with Crippen LogP contribution in [-0.4, -0.2) is 33.7 Å². The van der Waals surface area contributed by atoms with Crippen molar-refractivity contribution in [2.45, 2.75) is 27.7 Å². The van der Waals surface area contributed by atoms with Gasteiger partial charge in [0.2, 0.25) is 0 Å². The van der Waals surface area contributed by atoms with Gasteiger partial charge in [-0.1, -0.05) is 17.7 Å². The van der Waals surface area contributed by atoms with Crippen molar-refractivity contribution in [3.05, 3.63) is 41.1 Å². The van der Waals surface area contributed by atoms with Gasteiger partial charge in [0.25, 0.3) is 5.91 Å². The Labute approximate surface area is 126 Å². The number of carbonyl (C=O) groups is 1. The second-order valence-corrected chi connectivity index (χ2v) is 5.33. The molecule has 2 rings (SSSR count). The van der Waals surface area contributed by atoms with Crippen LogP contribution in [-0.2, 0) is 7.05 Å². The lowest BCUT2D eigenvalue weighted by Crippen LogP contribution is -2.30. The Morgan fingerprint density at radius 3 is 2.48 bits per heavy atom. The van der Waals surface area contributed by atoms with Crippen LogP contribution in [0.2, 0.25) is 0 Å². The molecule has 0 spiro atoms. The van der Waals surface area contributed by atoms with Crippen molar-refractivity contribution in [1.82, 2.24) is 14.7 Å². The molecule has 0 radical (unpaired) electrons. The molecule has 1 heterocycles. The van der Waals surface area contributed by atoms with Gasteiger partial charge in [-0.25, -0.2) is 0 Å². The highest BCUT2D eigenvalue weighted by Crippen LogP contribution is 2.25. The number of carbonyl (C=O) groups excluding carboxylic acids is 1. The fourth-order valence-electron chi connectivity index (χ4n) is 2.51. The summed E-state index contributed by atoms with van der Waals surface area (Å²) in [5.74, 6) is -0.00726. The lowest BCUT2D eigenvalue weighted by molar-refractivity contribution is 0.0766. The van der Waals surface area contributed by atoms with E-state index in [-0.39, 0.29) is 5.91 Å². The number of nitrogens with zero attached hydrogens (tertiary/aromatic N) is 3. The van der Waals surface area contributed by atoms with Crippen LogP contribution in [0.5, 0.6) is 0 Å². The number of aromatic nitrogens is 2. The van der Waals surface area contributed by atoms with Crippen LogP contribution in [0.25, 0.3) is 11.3 Å². The summed E-state index contributed by atoms with van der Waals surface area (Å²) in [6.07, 6.45) is 0. The zero-order valence-corrected chi connectivity index (χ0v) is 13.5. The van der Waals surface area contributed by atoms with Crippen molar-refractivity contribution in [2.24, 2.45) is 7.05 Å². The van der Waals surface area contributed by atoms with E-state index < -0.39 is 0 Å². The largest absolute Gasteiger partial charge is 0.338 e. The quantitative estimate of drug-likeness (QED) is 0.865. The van der Waals surface area contributed by atoms with Crippen LogP contribution in [0.4, 0.5) is 0 Å². The van der Waals surface area contributed by atoms with Gasteiger partial charge < -0.3 is 4.90 Å². The maximum atomic E-state index is 12.4. The van der Waals surface area contributed by atoms with E-state index in [4.69, 9.17) is 0 Å². The minimum absolute atomic E-state index is 0.00726. The molecular formula is C17H23N3O. The lowest BCUT2D eigenvalue weighted by atomic mass is 10.0. The minimum atomic E-state index is -0.00726. The van der Waals surface area contributed by atoms with Crippen molar-refractivity contribution in [3.8, 4) is 11.3 Å². The van der Waals surface area contributed by atoms with E-state index in [1.807, 2.05) is 27.0 Å². The molecule has 0 atom stereocenters. The molecule has 0 saturated heterocycles. The summed E-state index contributed by atoms with van der Waals surface area (Å²) in [4.78, 5) is 14.2. The number of hydrogen-bond donors (Lipinski definition) is 0. The fourth-order valence-corrected chi connectivity index (χ4v) is 2.51. The number of benzene rings is 1. The monoisotopic (exact) mass is 285 g/mol. The van der Waals surface area contributed by atoms with Gasteiger partial charge in [0.1, 0.15) is 0 Å². The highest BCUT2D eigenvalue weighted by Gasteiger charge is 2.18. The molecule has 1 aromatic heterocycles. The molecule has 0 aliphatic rings. The number of rotatable bonds is 4. The summed E-state index contributed by atoms with van der Waals surface area (Å²) < 4.78 is 1.79. The van der Waals surface area contributed by atoms with Gasteiger partial charge in [-0.15, -0.1) is 0 Å². The average Bonchev–Trinajstić information content (AvgIpc) is 2.84. The van der Waals surface area contributed by atoms with E-state index in [0.29, 0.717) is 18.8 Å². The topological polar surface area (TPSA) is 38.1 Å². The van der Waals surface area contributed by atoms with Gasteiger partial charge in [-0.2, -0.15) is 5.10 Å². The van der Waals surface area contributed by atoms with Crippen LogP contribution in [0.1, 0.15) is 35.5 Å². The van der Waals surface area contributed by atoms with Crippen molar-refractivity contribution in [3.63, 3.8) is 0 Å². The number of hydrogen-bond acceptors (Lipinski definition) is 2. The molecule has 0 bridgehead atoms. The van der Waals surface area contributed by atoms with Crippen LogP contribution >= 0.6 is 0 Å². The maximum Gasteiger partial charge on any atom is 0.274 e. The molecule has 0 aliphatic carbocycles. The summed E-state index contributed by atoms with van der Waals surface area (Å²) >= 11 is 0. The molecule has 21 heavy (non-hydrogen) atoms. The zero-order valence-electron chi connectivity index (χ0n) is 13.5. The Hall–Kier alpha value is -2.10. The van der Waals surface area contributed by atoms with Crippen LogP contribution in [0, 0.1) is 13.8 Å². The van der Waals surface area contributed by atoms with Gasteiger partial charge >= 0.3 is 0 Å². The molecular weight excluding hydrogens is 262 g/mol. The first-order valence-electron chi connectivity index (χ1n) is 7.38. The second-order valence-electron chi connectivity index (χ2n) is 5.33. The van der Waals surface area contributed by atoms with Crippen LogP contribution < -0.4 is 0 Å². The standard InChI is InChI=1S/C17H23N3O/c1-6-20(7-2)17(21)15-11-16(19(5)18-15)14-10-12(3)8-9-13(14)4/h8-11H,6-7H2,1-5H3. The van der Waals surface area contributed by atoms with Gasteiger partial charge in [0, 0.05) is 25.7 Å². The first kappa shape index (κ1) is 15.3. The second kappa shape index (κ2) is 6.12. The molecule has 1 aromatic carbocycles. The molecule has 0 N–H and O–H groups in total. The SMILES string of the molecule is CCN(CC)C(=O)c1cc(-c2cc(C)ccc2C)n(C)n1. The predicted molar refractivity (Wildman–Crippen MR) is 85.4 cm³/mol. The van der Waals surface area contributed by atoms with E-state index in [1.165, 1.54) is 11.1 Å². The van der Waals surface area contributed by atoms with Crippen molar-refractivity contribution in [2.75, 3.05) is 13.1 Å². The minimum Gasteiger partial charge on any atom is -0.338 e. The van der Waals surface area contributed by atoms with Crippen LogP contribution in [0.3, 0.4) is 0 Å². The molecule has 112 valence electrons. The van der Waals surface area contributed by atoms with E-state index in [9.17, 15) is 4.79 Å². The van der Waals surface area contributed by atoms with Gasteiger partial charge in [-0.3, -0.25) is 9.48 Å². The summed E-state index contributed by atoms with van der Waals surface area (Å²) in [5, 5.41) is 4.40. The Balaban J connectivity index is 2.44. The third kappa shape index (κ3) is 2.99. The summed E-state index contributed by atoms with van der Waals surface area (Å²) in [5.41, 5.74) is 5.01. The Kier molecular flexibility index (Phi) is 4.46. The first-order chi connectivity index (χ1) is 9.97.